The number of likely N-dealkylation sites (N-methyl/N-ethyl adjacent to an activating group) is 1. The van der Waals surface area contributed by atoms with Crippen LogP contribution in [0.4, 0.5) is 10.1 Å². The van der Waals surface area contributed by atoms with Crippen molar-refractivity contribution in [1.29, 1.82) is 0 Å². The smallest absolute Gasteiger partial charge is 0.256 e. The van der Waals surface area contributed by atoms with Crippen LogP contribution in [0.3, 0.4) is 0 Å². The Morgan fingerprint density at radius 1 is 1.35 bits per heavy atom. The molecule has 0 atom stereocenters. The topological polar surface area (TPSA) is 75.4 Å². The Morgan fingerprint density at radius 3 is 2.45 bits per heavy atom. The lowest BCUT2D eigenvalue weighted by Crippen LogP contribution is -2.46. The number of nitrogen functional groups attached to an aromatic ring is 1. The number of rotatable bonds is 3. The first-order chi connectivity index (χ1) is 9.10. The monoisotopic (exact) mass is 281 g/mol. The lowest BCUT2D eigenvalue weighted by Gasteiger charge is -2.23. The molecule has 0 saturated carbocycles. The Balaban J connectivity index is 2.75. The second kappa shape index (κ2) is 5.90. The van der Waals surface area contributed by atoms with E-state index in [-0.39, 0.29) is 29.2 Å². The molecular weight excluding hydrogens is 261 g/mol. The molecule has 2 amide bonds. The Hall–Kier alpha value is -2.11. The maximum atomic E-state index is 12.9. The van der Waals surface area contributed by atoms with E-state index in [0.29, 0.717) is 0 Å². The van der Waals surface area contributed by atoms with Crippen molar-refractivity contribution < 1.29 is 14.0 Å². The summed E-state index contributed by atoms with van der Waals surface area (Å²) in [6.07, 6.45) is 0. The molecule has 0 heterocycles. The third kappa shape index (κ3) is 4.53. The minimum absolute atomic E-state index is 0.0538. The molecule has 1 rings (SSSR count). The van der Waals surface area contributed by atoms with Crippen molar-refractivity contribution in [3.8, 4) is 0 Å². The average molecular weight is 281 g/mol. The fourth-order valence-corrected chi connectivity index (χ4v) is 1.68. The van der Waals surface area contributed by atoms with E-state index in [9.17, 15) is 14.0 Å². The van der Waals surface area contributed by atoms with Crippen molar-refractivity contribution in [3.05, 3.63) is 29.6 Å². The third-order valence-corrected chi connectivity index (χ3v) is 2.49. The Morgan fingerprint density at radius 2 is 1.95 bits per heavy atom. The van der Waals surface area contributed by atoms with Gasteiger partial charge in [0, 0.05) is 18.3 Å². The van der Waals surface area contributed by atoms with Gasteiger partial charge in [0.25, 0.3) is 5.91 Å². The molecule has 1 aromatic rings. The molecule has 1 aromatic carbocycles. The zero-order valence-electron chi connectivity index (χ0n) is 12.2. The van der Waals surface area contributed by atoms with Gasteiger partial charge in [0.1, 0.15) is 5.82 Å². The van der Waals surface area contributed by atoms with E-state index in [4.69, 9.17) is 5.73 Å². The van der Waals surface area contributed by atoms with Gasteiger partial charge in [0.05, 0.1) is 12.1 Å². The summed E-state index contributed by atoms with van der Waals surface area (Å²) < 4.78 is 12.9. The predicted octanol–water partition coefficient (Wildman–Crippen LogP) is 1.39. The molecule has 0 bridgehead atoms. The van der Waals surface area contributed by atoms with Gasteiger partial charge in [-0.3, -0.25) is 9.59 Å². The van der Waals surface area contributed by atoms with Crippen molar-refractivity contribution in [2.24, 2.45) is 0 Å². The number of anilines is 1. The highest BCUT2D eigenvalue weighted by Gasteiger charge is 2.20. The molecule has 3 N–H and O–H groups in total. The fraction of sp³-hybridized carbons (Fsp3) is 0.429. The Kier molecular flexibility index (Phi) is 4.70. The number of carbonyl (C=O) groups is 2. The lowest BCUT2D eigenvalue weighted by atomic mass is 10.1. The van der Waals surface area contributed by atoms with E-state index >= 15 is 0 Å². The molecule has 110 valence electrons. The van der Waals surface area contributed by atoms with Crippen molar-refractivity contribution >= 4 is 17.5 Å². The molecule has 5 nitrogen and oxygen atoms in total. The van der Waals surface area contributed by atoms with Gasteiger partial charge in [-0.25, -0.2) is 4.39 Å². The average Bonchev–Trinajstić information content (AvgIpc) is 2.25. The number of hydrogen-bond acceptors (Lipinski definition) is 3. The number of hydrogen-bond donors (Lipinski definition) is 2. The summed E-state index contributed by atoms with van der Waals surface area (Å²) in [6, 6.07) is 3.55. The van der Waals surface area contributed by atoms with Gasteiger partial charge in [-0.2, -0.15) is 0 Å². The van der Waals surface area contributed by atoms with Crippen molar-refractivity contribution in [2.45, 2.75) is 26.3 Å². The molecule has 6 heteroatoms. The number of amides is 2. The maximum Gasteiger partial charge on any atom is 0.256 e. The summed E-state index contributed by atoms with van der Waals surface area (Å²) in [5, 5.41) is 2.76. The summed E-state index contributed by atoms with van der Waals surface area (Å²) in [5.74, 6) is -1.20. The van der Waals surface area contributed by atoms with E-state index in [1.807, 2.05) is 20.8 Å². The second-order valence-corrected chi connectivity index (χ2v) is 5.69. The minimum Gasteiger partial charge on any atom is -0.398 e. The standard InChI is InChI=1S/C14H20FN3O2/c1-14(2,3)17-12(19)8-18(4)13(20)10-6-5-9(15)7-11(10)16/h5-7H,8,16H2,1-4H3,(H,17,19). The molecule has 0 fully saturated rings. The van der Waals surface area contributed by atoms with Gasteiger partial charge in [0.15, 0.2) is 0 Å². The molecule has 0 radical (unpaired) electrons. The number of carbonyl (C=O) groups excluding carboxylic acids is 2. The van der Waals surface area contributed by atoms with Crippen molar-refractivity contribution in [1.82, 2.24) is 10.2 Å². The van der Waals surface area contributed by atoms with Gasteiger partial charge >= 0.3 is 0 Å². The molecule has 0 unspecified atom stereocenters. The van der Waals surface area contributed by atoms with Crippen LogP contribution >= 0.6 is 0 Å². The van der Waals surface area contributed by atoms with Crippen molar-refractivity contribution in [2.75, 3.05) is 19.3 Å². The van der Waals surface area contributed by atoms with Crippen LogP contribution in [0.15, 0.2) is 18.2 Å². The zero-order valence-corrected chi connectivity index (χ0v) is 12.2. The van der Waals surface area contributed by atoms with Gasteiger partial charge < -0.3 is 16.0 Å². The molecule has 0 spiro atoms. The SMILES string of the molecule is CN(CC(=O)NC(C)(C)C)C(=O)c1ccc(F)cc1N. The number of benzene rings is 1. The van der Waals surface area contributed by atoms with Gasteiger partial charge in [0.2, 0.25) is 5.91 Å². The molecule has 0 aliphatic rings. The minimum atomic E-state index is -0.507. The maximum absolute atomic E-state index is 12.9. The van der Waals surface area contributed by atoms with Crippen LogP contribution in [0.5, 0.6) is 0 Å². The van der Waals surface area contributed by atoms with E-state index in [1.54, 1.807) is 0 Å². The van der Waals surface area contributed by atoms with Crippen LogP contribution in [-0.4, -0.2) is 35.8 Å². The molecular formula is C14H20FN3O2. The van der Waals surface area contributed by atoms with E-state index in [1.165, 1.54) is 18.0 Å². The van der Waals surface area contributed by atoms with Crippen LogP contribution in [0.1, 0.15) is 31.1 Å². The first kappa shape index (κ1) is 15.9. The highest BCUT2D eigenvalue weighted by Crippen LogP contribution is 2.15. The van der Waals surface area contributed by atoms with E-state index in [2.05, 4.69) is 5.32 Å². The van der Waals surface area contributed by atoms with Crippen LogP contribution in [0.2, 0.25) is 0 Å². The first-order valence-electron chi connectivity index (χ1n) is 6.21. The quantitative estimate of drug-likeness (QED) is 0.822. The molecule has 0 aliphatic carbocycles. The molecule has 0 saturated heterocycles. The highest BCUT2D eigenvalue weighted by molar-refractivity contribution is 6.00. The number of nitrogens with zero attached hydrogens (tertiary/aromatic N) is 1. The van der Waals surface area contributed by atoms with Gasteiger partial charge in [-0.05, 0) is 39.0 Å². The van der Waals surface area contributed by atoms with Crippen LogP contribution in [0.25, 0.3) is 0 Å². The molecule has 0 aliphatic heterocycles. The summed E-state index contributed by atoms with van der Waals surface area (Å²) >= 11 is 0. The van der Waals surface area contributed by atoms with Crippen molar-refractivity contribution in [3.63, 3.8) is 0 Å². The predicted molar refractivity (Wildman–Crippen MR) is 75.7 cm³/mol. The van der Waals surface area contributed by atoms with Crippen LogP contribution in [0, 0.1) is 5.82 Å². The van der Waals surface area contributed by atoms with Crippen LogP contribution < -0.4 is 11.1 Å². The fourth-order valence-electron chi connectivity index (χ4n) is 1.68. The third-order valence-electron chi connectivity index (χ3n) is 2.49. The molecule has 0 aromatic heterocycles. The summed E-state index contributed by atoms with van der Waals surface area (Å²) in [6.45, 7) is 5.47. The van der Waals surface area contributed by atoms with Crippen LogP contribution in [-0.2, 0) is 4.79 Å². The normalized spacial score (nSPS) is 11.1. The highest BCUT2D eigenvalue weighted by atomic mass is 19.1. The number of nitrogens with two attached hydrogens (primary N) is 1. The summed E-state index contributed by atoms with van der Waals surface area (Å²) in [4.78, 5) is 25.1. The Labute approximate surface area is 117 Å². The first-order valence-corrected chi connectivity index (χ1v) is 6.21. The molecule has 20 heavy (non-hydrogen) atoms. The lowest BCUT2D eigenvalue weighted by molar-refractivity contribution is -0.122. The zero-order chi connectivity index (χ0) is 15.5. The largest absolute Gasteiger partial charge is 0.398 e. The number of halogens is 1. The summed E-state index contributed by atoms with van der Waals surface area (Å²) in [5.41, 5.74) is 5.47. The second-order valence-electron chi connectivity index (χ2n) is 5.69. The summed E-state index contributed by atoms with van der Waals surface area (Å²) in [7, 11) is 1.49. The number of nitrogens with one attached hydrogen (secondary N) is 1. The van der Waals surface area contributed by atoms with Gasteiger partial charge in [-0.1, -0.05) is 0 Å². The van der Waals surface area contributed by atoms with E-state index in [0.717, 1.165) is 12.1 Å². The Bertz CT molecular complexity index is 524. The van der Waals surface area contributed by atoms with E-state index < -0.39 is 11.7 Å². The van der Waals surface area contributed by atoms with Gasteiger partial charge in [-0.15, -0.1) is 0 Å².